The zero-order valence-corrected chi connectivity index (χ0v) is 13.8. The summed E-state index contributed by atoms with van der Waals surface area (Å²) >= 11 is 7.25. The quantitative estimate of drug-likeness (QED) is 0.771. The zero-order valence-electron chi connectivity index (χ0n) is 12.3. The van der Waals surface area contributed by atoms with Gasteiger partial charge in [0.25, 0.3) is 0 Å². The molecule has 120 valence electrons. The summed E-state index contributed by atoms with van der Waals surface area (Å²) in [4.78, 5) is 27.1. The standard InChI is InChI=1S/C15H15ClN4O2S/c16-11-7-18-15(19-8-11)22-12-3-6-20(9-12)14(21)10-23-13-1-4-17-5-2-13/h1-2,4-5,7-8,12H,3,6,9-10H2/t12-/m1/s1. The van der Waals surface area contributed by atoms with Gasteiger partial charge in [-0.2, -0.15) is 0 Å². The van der Waals surface area contributed by atoms with E-state index in [1.165, 1.54) is 24.2 Å². The molecule has 3 rings (SSSR count). The van der Waals surface area contributed by atoms with E-state index in [0.29, 0.717) is 29.9 Å². The Hall–Kier alpha value is -1.86. The molecule has 1 saturated heterocycles. The number of nitrogens with zero attached hydrogens (tertiary/aromatic N) is 4. The lowest BCUT2D eigenvalue weighted by molar-refractivity contribution is -0.127. The monoisotopic (exact) mass is 350 g/mol. The van der Waals surface area contributed by atoms with Gasteiger partial charge in [0.15, 0.2) is 0 Å². The van der Waals surface area contributed by atoms with Gasteiger partial charge in [0, 0.05) is 30.3 Å². The molecular weight excluding hydrogens is 336 g/mol. The minimum Gasteiger partial charge on any atom is -0.458 e. The highest BCUT2D eigenvalue weighted by Crippen LogP contribution is 2.20. The van der Waals surface area contributed by atoms with Crippen molar-refractivity contribution in [1.29, 1.82) is 0 Å². The van der Waals surface area contributed by atoms with Crippen LogP contribution in [0.1, 0.15) is 6.42 Å². The van der Waals surface area contributed by atoms with Crippen molar-refractivity contribution in [2.75, 3.05) is 18.8 Å². The molecule has 0 saturated carbocycles. The molecule has 0 aliphatic carbocycles. The van der Waals surface area contributed by atoms with Crippen LogP contribution in [0.15, 0.2) is 41.8 Å². The van der Waals surface area contributed by atoms with Crippen molar-refractivity contribution in [3.05, 3.63) is 41.9 Å². The van der Waals surface area contributed by atoms with E-state index in [2.05, 4.69) is 15.0 Å². The normalized spacial score (nSPS) is 17.3. The topological polar surface area (TPSA) is 68.2 Å². The summed E-state index contributed by atoms with van der Waals surface area (Å²) in [5, 5.41) is 0.466. The Morgan fingerprint density at radius 2 is 2.09 bits per heavy atom. The third kappa shape index (κ3) is 4.56. The molecule has 1 aliphatic rings. The number of aromatic nitrogens is 3. The van der Waals surface area contributed by atoms with Crippen LogP contribution in [0.3, 0.4) is 0 Å². The molecule has 0 unspecified atom stereocenters. The summed E-state index contributed by atoms with van der Waals surface area (Å²) in [7, 11) is 0. The lowest BCUT2D eigenvalue weighted by atomic mass is 10.3. The van der Waals surface area contributed by atoms with Crippen LogP contribution in [0.2, 0.25) is 5.02 Å². The molecule has 1 fully saturated rings. The fourth-order valence-corrected chi connectivity index (χ4v) is 3.12. The number of hydrogen-bond acceptors (Lipinski definition) is 6. The molecule has 1 atom stereocenters. The fourth-order valence-electron chi connectivity index (χ4n) is 2.23. The smallest absolute Gasteiger partial charge is 0.316 e. The first kappa shape index (κ1) is 16.0. The molecule has 0 N–H and O–H groups in total. The fraction of sp³-hybridized carbons (Fsp3) is 0.333. The Balaban J connectivity index is 1.47. The molecule has 1 aliphatic heterocycles. The number of halogens is 1. The van der Waals surface area contributed by atoms with Crippen molar-refractivity contribution in [2.24, 2.45) is 0 Å². The Morgan fingerprint density at radius 3 is 2.83 bits per heavy atom. The average Bonchev–Trinajstić information content (AvgIpc) is 3.04. The van der Waals surface area contributed by atoms with E-state index in [-0.39, 0.29) is 12.0 Å². The molecule has 0 spiro atoms. The van der Waals surface area contributed by atoms with Crippen molar-refractivity contribution in [3.8, 4) is 6.01 Å². The minimum absolute atomic E-state index is 0.0777. The number of rotatable bonds is 5. The van der Waals surface area contributed by atoms with Crippen molar-refractivity contribution in [1.82, 2.24) is 19.9 Å². The highest BCUT2D eigenvalue weighted by molar-refractivity contribution is 8.00. The highest BCUT2D eigenvalue weighted by Gasteiger charge is 2.28. The molecule has 2 aromatic rings. The van der Waals surface area contributed by atoms with E-state index in [0.717, 1.165) is 11.3 Å². The van der Waals surface area contributed by atoms with Gasteiger partial charge in [-0.1, -0.05) is 11.6 Å². The Morgan fingerprint density at radius 1 is 1.35 bits per heavy atom. The van der Waals surface area contributed by atoms with Crippen LogP contribution in [-0.2, 0) is 4.79 Å². The highest BCUT2D eigenvalue weighted by atomic mass is 35.5. The van der Waals surface area contributed by atoms with Crippen LogP contribution in [0.4, 0.5) is 0 Å². The second-order valence-electron chi connectivity index (χ2n) is 5.02. The van der Waals surface area contributed by atoms with Crippen LogP contribution in [0.5, 0.6) is 6.01 Å². The van der Waals surface area contributed by atoms with Crippen molar-refractivity contribution in [3.63, 3.8) is 0 Å². The summed E-state index contributed by atoms with van der Waals surface area (Å²) in [6, 6.07) is 4.08. The van der Waals surface area contributed by atoms with Gasteiger partial charge in [-0.05, 0) is 12.1 Å². The van der Waals surface area contributed by atoms with Gasteiger partial charge in [0.2, 0.25) is 5.91 Å². The number of thioether (sulfide) groups is 1. The number of carbonyl (C=O) groups excluding carboxylic acids is 1. The number of pyridine rings is 1. The third-order valence-electron chi connectivity index (χ3n) is 3.38. The van der Waals surface area contributed by atoms with Gasteiger partial charge in [0.1, 0.15) is 6.10 Å². The number of amides is 1. The van der Waals surface area contributed by atoms with Crippen molar-refractivity contribution < 1.29 is 9.53 Å². The van der Waals surface area contributed by atoms with Gasteiger partial charge in [-0.3, -0.25) is 9.78 Å². The van der Waals surface area contributed by atoms with Gasteiger partial charge >= 0.3 is 6.01 Å². The van der Waals surface area contributed by atoms with E-state index < -0.39 is 0 Å². The van der Waals surface area contributed by atoms with Gasteiger partial charge < -0.3 is 9.64 Å². The van der Waals surface area contributed by atoms with Crippen molar-refractivity contribution in [2.45, 2.75) is 17.4 Å². The number of ether oxygens (including phenoxy) is 1. The Labute approximate surface area is 143 Å². The van der Waals surface area contributed by atoms with E-state index in [1.54, 1.807) is 12.4 Å². The molecular formula is C15H15ClN4O2S. The van der Waals surface area contributed by atoms with Crippen LogP contribution in [0, 0.1) is 0 Å². The minimum atomic E-state index is -0.0777. The number of likely N-dealkylation sites (tertiary alicyclic amines) is 1. The summed E-state index contributed by atoms with van der Waals surface area (Å²) in [5.74, 6) is 0.517. The Bertz CT molecular complexity index is 656. The van der Waals surface area contributed by atoms with Crippen LogP contribution in [0.25, 0.3) is 0 Å². The SMILES string of the molecule is O=C(CSc1ccncc1)N1CC[C@@H](Oc2ncc(Cl)cn2)C1. The number of hydrogen-bond donors (Lipinski definition) is 0. The second kappa shape index (κ2) is 7.61. The maximum atomic E-state index is 12.2. The largest absolute Gasteiger partial charge is 0.458 e. The zero-order chi connectivity index (χ0) is 16.1. The van der Waals surface area contributed by atoms with Crippen LogP contribution < -0.4 is 4.74 Å². The van der Waals surface area contributed by atoms with Crippen LogP contribution >= 0.6 is 23.4 Å². The lowest BCUT2D eigenvalue weighted by Gasteiger charge is -2.16. The third-order valence-corrected chi connectivity index (χ3v) is 4.57. The molecule has 23 heavy (non-hydrogen) atoms. The first-order valence-electron chi connectivity index (χ1n) is 7.15. The van der Waals surface area contributed by atoms with Crippen molar-refractivity contribution >= 4 is 29.3 Å². The molecule has 3 heterocycles. The van der Waals surface area contributed by atoms with Gasteiger partial charge in [0.05, 0.1) is 29.7 Å². The summed E-state index contributed by atoms with van der Waals surface area (Å²) in [6.45, 7) is 1.25. The van der Waals surface area contributed by atoms with Gasteiger partial charge in [-0.15, -0.1) is 11.8 Å². The molecule has 6 nitrogen and oxygen atoms in total. The van der Waals surface area contributed by atoms with E-state index in [9.17, 15) is 4.79 Å². The molecule has 0 radical (unpaired) electrons. The first-order valence-corrected chi connectivity index (χ1v) is 8.52. The second-order valence-corrected chi connectivity index (χ2v) is 6.51. The lowest BCUT2D eigenvalue weighted by Crippen LogP contribution is -2.32. The molecule has 8 heteroatoms. The van der Waals surface area contributed by atoms with Gasteiger partial charge in [-0.25, -0.2) is 9.97 Å². The average molecular weight is 351 g/mol. The van der Waals surface area contributed by atoms with E-state index in [4.69, 9.17) is 16.3 Å². The Kier molecular flexibility index (Phi) is 5.30. The summed E-state index contributed by atoms with van der Waals surface area (Å²) < 4.78 is 5.68. The molecule has 0 aromatic carbocycles. The molecule has 2 aromatic heterocycles. The van der Waals surface area contributed by atoms with E-state index >= 15 is 0 Å². The first-order chi connectivity index (χ1) is 11.2. The molecule has 0 bridgehead atoms. The predicted octanol–water partition coefficient (Wildman–Crippen LogP) is 2.30. The molecule has 1 amide bonds. The number of carbonyl (C=O) groups is 1. The summed E-state index contributed by atoms with van der Waals surface area (Å²) in [5.41, 5.74) is 0. The van der Waals surface area contributed by atoms with Crippen LogP contribution in [-0.4, -0.2) is 50.7 Å². The maximum Gasteiger partial charge on any atom is 0.316 e. The summed E-state index contributed by atoms with van der Waals surface area (Å²) in [6.07, 6.45) is 7.13. The maximum absolute atomic E-state index is 12.2. The predicted molar refractivity (Wildman–Crippen MR) is 87.6 cm³/mol. The van der Waals surface area contributed by atoms with E-state index in [1.807, 2.05) is 17.0 Å².